The Kier molecular flexibility index (Phi) is 11.4. The van der Waals surface area contributed by atoms with Crippen molar-refractivity contribution in [1.29, 1.82) is 0 Å². The van der Waals surface area contributed by atoms with Crippen LogP contribution in [-0.2, 0) is 14.7 Å². The van der Waals surface area contributed by atoms with Crippen LogP contribution in [0.3, 0.4) is 0 Å². The van der Waals surface area contributed by atoms with E-state index in [-0.39, 0.29) is 37.9 Å². The predicted octanol–water partition coefficient (Wildman–Crippen LogP) is 2.09. The summed E-state index contributed by atoms with van der Waals surface area (Å²) in [5.41, 5.74) is 0. The number of hydrogen-bond acceptors (Lipinski definition) is 7. The highest BCUT2D eigenvalue weighted by Crippen LogP contribution is 2.19. The Hall–Kier alpha value is -0.280. The number of rotatable bonds is 12. The molecule has 3 atom stereocenters. The lowest BCUT2D eigenvalue weighted by molar-refractivity contribution is -0.279. The van der Waals surface area contributed by atoms with Gasteiger partial charge in [0, 0.05) is 18.1 Å². The molecule has 0 rings (SSSR count). The van der Waals surface area contributed by atoms with Crippen molar-refractivity contribution in [2.24, 2.45) is 0 Å². The van der Waals surface area contributed by atoms with Gasteiger partial charge in [-0.15, -0.1) is 0 Å². The Bertz CT molecular complexity index is 173. The summed E-state index contributed by atoms with van der Waals surface area (Å²) in [5.74, 6) is 0. The van der Waals surface area contributed by atoms with Crippen molar-refractivity contribution in [2.45, 2.75) is 58.2 Å². The van der Waals surface area contributed by atoms with Gasteiger partial charge in [-0.2, -0.15) is 0 Å². The highest BCUT2D eigenvalue weighted by molar-refractivity contribution is 4.83. The van der Waals surface area contributed by atoms with E-state index in [1.807, 2.05) is 20.8 Å². The molecule has 0 saturated carbocycles. The van der Waals surface area contributed by atoms with Crippen LogP contribution in [0.1, 0.15) is 40.0 Å². The van der Waals surface area contributed by atoms with Gasteiger partial charge in [0.15, 0.2) is 0 Å². The summed E-state index contributed by atoms with van der Waals surface area (Å²) in [6.45, 7) is 6.41. The molecule has 0 aromatic carbocycles. The molecule has 0 aliphatic rings. The van der Waals surface area contributed by atoms with E-state index in [9.17, 15) is 0 Å². The van der Waals surface area contributed by atoms with Gasteiger partial charge < -0.3 is 0 Å². The van der Waals surface area contributed by atoms with E-state index in [1.54, 1.807) is 0 Å². The molecule has 0 radical (unpaired) electrons. The van der Waals surface area contributed by atoms with E-state index in [2.05, 4.69) is 19.6 Å². The summed E-state index contributed by atoms with van der Waals surface area (Å²) in [4.78, 5) is 14.9. The second-order valence-corrected chi connectivity index (χ2v) is 4.52. The lowest BCUT2D eigenvalue weighted by atomic mass is 10.0. The van der Waals surface area contributed by atoms with Gasteiger partial charge in [0.2, 0.25) is 0 Å². The maximum atomic E-state index is 8.70. The molecule has 3 N–H and O–H groups in total. The highest BCUT2D eigenvalue weighted by atomic mass is 17.1. The van der Waals surface area contributed by atoms with Crippen LogP contribution in [-0.4, -0.2) is 58.6 Å². The van der Waals surface area contributed by atoms with Gasteiger partial charge in [-0.05, 0) is 19.3 Å². The van der Waals surface area contributed by atoms with E-state index in [1.165, 1.54) is 0 Å². The molecule has 0 fully saturated rings. The lowest BCUT2D eigenvalue weighted by Gasteiger charge is -2.41. The van der Waals surface area contributed by atoms with Crippen LogP contribution in [0.25, 0.3) is 0 Å². The molecular weight excluding hydrogens is 254 g/mol. The molecule has 0 aliphatic heterocycles. The molecule has 0 bridgehead atoms. The van der Waals surface area contributed by atoms with Gasteiger partial charge >= 0.3 is 0 Å². The van der Waals surface area contributed by atoms with Crippen LogP contribution < -0.4 is 0 Å². The molecule has 0 aromatic rings. The van der Waals surface area contributed by atoms with Crippen molar-refractivity contribution in [1.82, 2.24) is 4.90 Å². The first-order chi connectivity index (χ1) is 9.19. The first-order valence-corrected chi connectivity index (χ1v) is 6.76. The van der Waals surface area contributed by atoms with E-state index in [0.717, 1.165) is 19.3 Å². The minimum absolute atomic E-state index is 0.0507. The Balaban J connectivity index is 5.04. The molecule has 116 valence electrons. The first-order valence-electron chi connectivity index (χ1n) is 6.76. The van der Waals surface area contributed by atoms with Crippen molar-refractivity contribution in [3.63, 3.8) is 0 Å². The van der Waals surface area contributed by atoms with Crippen LogP contribution in [0, 0.1) is 0 Å². The molecule has 0 aromatic heterocycles. The summed E-state index contributed by atoms with van der Waals surface area (Å²) < 4.78 is 0. The smallest absolute Gasteiger partial charge is 0.0975 e. The molecule has 19 heavy (non-hydrogen) atoms. The summed E-state index contributed by atoms with van der Waals surface area (Å²) in [6.07, 6.45) is 2.26. The second-order valence-electron chi connectivity index (χ2n) is 4.52. The zero-order valence-corrected chi connectivity index (χ0v) is 12.0. The van der Waals surface area contributed by atoms with Gasteiger partial charge in [0.25, 0.3) is 0 Å². The third-order valence-electron chi connectivity index (χ3n) is 3.48. The van der Waals surface area contributed by atoms with Gasteiger partial charge in [0.05, 0.1) is 19.8 Å². The third kappa shape index (κ3) is 6.13. The third-order valence-corrected chi connectivity index (χ3v) is 3.48. The largest absolute Gasteiger partial charge is 0.287 e. The van der Waals surface area contributed by atoms with Crippen LogP contribution in [0.2, 0.25) is 0 Å². The van der Waals surface area contributed by atoms with Crippen LogP contribution in [0.4, 0.5) is 0 Å². The van der Waals surface area contributed by atoms with Crippen molar-refractivity contribution in [2.75, 3.05) is 19.8 Å². The van der Waals surface area contributed by atoms with Crippen molar-refractivity contribution in [3.05, 3.63) is 0 Å². The zero-order chi connectivity index (χ0) is 14.7. The average Bonchev–Trinajstić information content (AvgIpc) is 2.43. The summed E-state index contributed by atoms with van der Waals surface area (Å²) in [5, 5.41) is 26.1. The maximum Gasteiger partial charge on any atom is 0.0975 e. The molecular formula is C12H27NO6. The van der Waals surface area contributed by atoms with Crippen LogP contribution >= 0.6 is 0 Å². The fraction of sp³-hybridized carbons (Fsp3) is 1.00. The van der Waals surface area contributed by atoms with Crippen molar-refractivity contribution >= 4 is 0 Å². The fourth-order valence-corrected chi connectivity index (χ4v) is 2.40. The maximum absolute atomic E-state index is 8.70. The molecule has 3 unspecified atom stereocenters. The second kappa shape index (κ2) is 11.5. The van der Waals surface area contributed by atoms with Gasteiger partial charge in [-0.3, -0.25) is 20.7 Å². The molecule has 0 saturated heterocycles. The summed E-state index contributed by atoms with van der Waals surface area (Å²) >= 11 is 0. The van der Waals surface area contributed by atoms with E-state index in [0.29, 0.717) is 0 Å². The summed E-state index contributed by atoms with van der Waals surface area (Å²) in [6, 6.07) is -0.152. The Morgan fingerprint density at radius 2 is 0.947 bits per heavy atom. The van der Waals surface area contributed by atoms with E-state index >= 15 is 0 Å². The minimum atomic E-state index is -0.0507. The predicted molar refractivity (Wildman–Crippen MR) is 69.8 cm³/mol. The average molecular weight is 281 g/mol. The lowest BCUT2D eigenvalue weighted by Crippen LogP contribution is -2.53. The van der Waals surface area contributed by atoms with Crippen LogP contribution in [0.15, 0.2) is 0 Å². The monoisotopic (exact) mass is 281 g/mol. The van der Waals surface area contributed by atoms with Crippen molar-refractivity contribution in [3.8, 4) is 0 Å². The van der Waals surface area contributed by atoms with E-state index in [4.69, 9.17) is 15.8 Å². The molecule has 7 nitrogen and oxygen atoms in total. The SMILES string of the molecule is CCC(COO)N(C(CC)COO)C(CC)COO. The molecule has 0 heterocycles. The van der Waals surface area contributed by atoms with Crippen LogP contribution in [0.5, 0.6) is 0 Å². The number of nitrogens with zero attached hydrogens (tertiary/aromatic N) is 1. The number of hydrogen-bond donors (Lipinski definition) is 3. The normalized spacial score (nSPS) is 16.6. The quantitative estimate of drug-likeness (QED) is 0.372. The fourth-order valence-electron chi connectivity index (χ4n) is 2.40. The first kappa shape index (κ1) is 18.7. The molecule has 0 amide bonds. The Labute approximate surface area is 114 Å². The highest BCUT2D eigenvalue weighted by Gasteiger charge is 2.31. The Morgan fingerprint density at radius 3 is 1.11 bits per heavy atom. The topological polar surface area (TPSA) is 91.6 Å². The minimum Gasteiger partial charge on any atom is -0.287 e. The van der Waals surface area contributed by atoms with Crippen molar-refractivity contribution < 1.29 is 30.4 Å². The van der Waals surface area contributed by atoms with Gasteiger partial charge in [-0.1, -0.05) is 20.8 Å². The molecule has 0 aliphatic carbocycles. The van der Waals surface area contributed by atoms with Gasteiger partial charge in [-0.25, -0.2) is 14.7 Å². The standard InChI is InChI=1S/C12H27NO6/c1-4-10(7-17-14)13(11(5-2)8-18-15)12(6-3)9-19-16/h10-12,14-16H,4-9H2,1-3H3. The molecule has 7 heteroatoms. The zero-order valence-electron chi connectivity index (χ0n) is 12.0. The van der Waals surface area contributed by atoms with E-state index < -0.39 is 0 Å². The molecule has 0 spiro atoms. The Morgan fingerprint density at radius 1 is 0.684 bits per heavy atom. The summed E-state index contributed by atoms with van der Waals surface area (Å²) in [7, 11) is 0. The van der Waals surface area contributed by atoms with Gasteiger partial charge in [0.1, 0.15) is 0 Å².